The van der Waals surface area contributed by atoms with Crippen LogP contribution < -0.4 is 10.5 Å². The largest absolute Gasteiger partial charge is 0.484 e. The molecule has 0 saturated carbocycles. The first-order chi connectivity index (χ1) is 8.69. The average Bonchev–Trinajstić information content (AvgIpc) is 2.36. The van der Waals surface area contributed by atoms with Crippen LogP contribution in [0.2, 0.25) is 0 Å². The van der Waals surface area contributed by atoms with Gasteiger partial charge in [0.2, 0.25) is 0 Å². The van der Waals surface area contributed by atoms with E-state index in [-0.39, 0.29) is 11.9 Å². The molecule has 0 saturated heterocycles. The van der Waals surface area contributed by atoms with Crippen LogP contribution in [0, 0.1) is 5.82 Å². The molecule has 2 nitrogen and oxygen atoms in total. The van der Waals surface area contributed by atoms with Crippen LogP contribution in [0.15, 0.2) is 53.0 Å². The number of nitrogens with two attached hydrogens (primary N) is 1. The first kappa shape index (κ1) is 13.1. The van der Waals surface area contributed by atoms with E-state index in [0.29, 0.717) is 16.8 Å². The third kappa shape index (κ3) is 3.31. The monoisotopic (exact) mass is 309 g/mol. The predicted molar refractivity (Wildman–Crippen MR) is 73.0 cm³/mol. The maximum absolute atomic E-state index is 13.2. The van der Waals surface area contributed by atoms with Gasteiger partial charge in [0.25, 0.3) is 0 Å². The second-order valence-electron chi connectivity index (χ2n) is 3.86. The Bertz CT molecular complexity index is 498. The van der Waals surface area contributed by atoms with Crippen LogP contribution in [0.4, 0.5) is 4.39 Å². The smallest absolute Gasteiger partial charge is 0.136 e. The third-order valence-corrected chi connectivity index (χ3v) is 2.96. The fourth-order valence-corrected chi connectivity index (χ4v) is 2.13. The molecule has 1 atom stereocenters. The molecule has 18 heavy (non-hydrogen) atoms. The summed E-state index contributed by atoms with van der Waals surface area (Å²) in [6, 6.07) is 14.1. The summed E-state index contributed by atoms with van der Waals surface area (Å²) in [6.07, 6.45) is -0.278. The van der Waals surface area contributed by atoms with Crippen molar-refractivity contribution in [1.82, 2.24) is 0 Å². The fraction of sp³-hybridized carbons (Fsp3) is 0.143. The number of hydrogen-bond acceptors (Lipinski definition) is 2. The molecule has 1 unspecified atom stereocenters. The van der Waals surface area contributed by atoms with Crippen LogP contribution >= 0.6 is 15.9 Å². The molecule has 0 aliphatic rings. The highest BCUT2D eigenvalue weighted by molar-refractivity contribution is 9.10. The quantitative estimate of drug-likeness (QED) is 0.935. The number of hydrogen-bond donors (Lipinski definition) is 1. The van der Waals surface area contributed by atoms with E-state index < -0.39 is 0 Å². The lowest BCUT2D eigenvalue weighted by Crippen LogP contribution is -2.18. The second-order valence-corrected chi connectivity index (χ2v) is 4.77. The molecule has 0 aliphatic heterocycles. The maximum atomic E-state index is 13.2. The fourth-order valence-electron chi connectivity index (χ4n) is 1.68. The van der Waals surface area contributed by atoms with Crippen molar-refractivity contribution in [3.8, 4) is 5.75 Å². The molecule has 94 valence electrons. The zero-order valence-electron chi connectivity index (χ0n) is 9.64. The molecular weight excluding hydrogens is 297 g/mol. The molecule has 0 amide bonds. The zero-order chi connectivity index (χ0) is 13.0. The summed E-state index contributed by atoms with van der Waals surface area (Å²) in [5.74, 6) is 0.115. The van der Waals surface area contributed by atoms with Gasteiger partial charge < -0.3 is 10.5 Å². The summed E-state index contributed by atoms with van der Waals surface area (Å²) in [5, 5.41) is 0. The highest BCUT2D eigenvalue weighted by atomic mass is 79.9. The Kier molecular flexibility index (Phi) is 4.33. The van der Waals surface area contributed by atoms with Crippen molar-refractivity contribution in [3.63, 3.8) is 0 Å². The van der Waals surface area contributed by atoms with Gasteiger partial charge in [-0.15, -0.1) is 0 Å². The lowest BCUT2D eigenvalue weighted by molar-refractivity contribution is 0.213. The van der Waals surface area contributed by atoms with Crippen molar-refractivity contribution in [2.75, 3.05) is 6.54 Å². The lowest BCUT2D eigenvalue weighted by Gasteiger charge is -2.18. The zero-order valence-corrected chi connectivity index (χ0v) is 11.2. The number of rotatable bonds is 4. The van der Waals surface area contributed by atoms with E-state index in [0.717, 1.165) is 5.56 Å². The van der Waals surface area contributed by atoms with Crippen LogP contribution in [0.5, 0.6) is 5.75 Å². The SMILES string of the molecule is NCC(Oc1cc(F)cc(Br)c1)c1ccccc1. The molecule has 4 heteroatoms. The van der Waals surface area contributed by atoms with Gasteiger partial charge in [-0.05, 0) is 17.7 Å². The van der Waals surface area contributed by atoms with Gasteiger partial charge in [-0.25, -0.2) is 4.39 Å². The number of halogens is 2. The Morgan fingerprint density at radius 3 is 2.50 bits per heavy atom. The first-order valence-electron chi connectivity index (χ1n) is 5.57. The van der Waals surface area contributed by atoms with E-state index in [1.54, 1.807) is 6.07 Å². The second kappa shape index (κ2) is 5.98. The first-order valence-corrected chi connectivity index (χ1v) is 6.36. The van der Waals surface area contributed by atoms with Gasteiger partial charge in [0.15, 0.2) is 0 Å². The van der Waals surface area contributed by atoms with Crippen molar-refractivity contribution in [2.45, 2.75) is 6.10 Å². The van der Waals surface area contributed by atoms with Crippen LogP contribution in [-0.2, 0) is 0 Å². The average molecular weight is 310 g/mol. The standard InChI is InChI=1S/C14H13BrFNO/c15-11-6-12(16)8-13(7-11)18-14(9-17)10-4-2-1-3-5-10/h1-8,14H,9,17H2. The Balaban J connectivity index is 2.20. The predicted octanol–water partition coefficient (Wildman–Crippen LogP) is 3.67. The Morgan fingerprint density at radius 1 is 1.17 bits per heavy atom. The molecule has 2 rings (SSSR count). The number of benzene rings is 2. The van der Waals surface area contributed by atoms with Crippen LogP contribution in [0.1, 0.15) is 11.7 Å². The van der Waals surface area contributed by atoms with Gasteiger partial charge in [0.1, 0.15) is 17.7 Å². The van der Waals surface area contributed by atoms with Crippen LogP contribution in [0.25, 0.3) is 0 Å². The molecule has 0 fully saturated rings. The third-order valence-electron chi connectivity index (χ3n) is 2.50. The van der Waals surface area contributed by atoms with E-state index in [1.807, 2.05) is 30.3 Å². The summed E-state index contributed by atoms with van der Waals surface area (Å²) >= 11 is 3.23. The molecule has 0 bridgehead atoms. The Labute approximate surface area is 114 Å². The van der Waals surface area contributed by atoms with Crippen molar-refractivity contribution < 1.29 is 9.13 Å². The molecule has 2 N–H and O–H groups in total. The van der Waals surface area contributed by atoms with E-state index in [1.165, 1.54) is 12.1 Å². The summed E-state index contributed by atoms with van der Waals surface area (Å²) < 4.78 is 19.6. The molecule has 0 radical (unpaired) electrons. The van der Waals surface area contributed by atoms with Gasteiger partial charge in [-0.3, -0.25) is 0 Å². The summed E-state index contributed by atoms with van der Waals surface area (Å²) in [7, 11) is 0. The van der Waals surface area contributed by atoms with E-state index >= 15 is 0 Å². The molecule has 2 aromatic carbocycles. The molecular formula is C14H13BrFNO. The molecule has 0 aliphatic carbocycles. The molecule has 0 aromatic heterocycles. The van der Waals surface area contributed by atoms with E-state index in [4.69, 9.17) is 10.5 Å². The Hall–Kier alpha value is -1.39. The van der Waals surface area contributed by atoms with Gasteiger partial charge in [0, 0.05) is 17.1 Å². The van der Waals surface area contributed by atoms with Gasteiger partial charge in [-0.2, -0.15) is 0 Å². The van der Waals surface area contributed by atoms with Crippen LogP contribution in [-0.4, -0.2) is 6.54 Å². The number of ether oxygens (including phenoxy) is 1. The van der Waals surface area contributed by atoms with Crippen LogP contribution in [0.3, 0.4) is 0 Å². The summed E-state index contributed by atoms with van der Waals surface area (Å²) in [6.45, 7) is 0.331. The Morgan fingerprint density at radius 2 is 1.89 bits per heavy atom. The van der Waals surface area contributed by atoms with E-state index in [9.17, 15) is 4.39 Å². The van der Waals surface area contributed by atoms with Crippen molar-refractivity contribution in [2.24, 2.45) is 5.73 Å². The minimum absolute atomic E-state index is 0.278. The lowest BCUT2D eigenvalue weighted by atomic mass is 10.1. The van der Waals surface area contributed by atoms with Gasteiger partial charge >= 0.3 is 0 Å². The van der Waals surface area contributed by atoms with Gasteiger partial charge in [0.05, 0.1) is 0 Å². The highest BCUT2D eigenvalue weighted by Crippen LogP contribution is 2.25. The topological polar surface area (TPSA) is 35.2 Å². The molecule has 0 spiro atoms. The van der Waals surface area contributed by atoms with Crippen molar-refractivity contribution in [3.05, 3.63) is 64.4 Å². The van der Waals surface area contributed by atoms with Crippen molar-refractivity contribution >= 4 is 15.9 Å². The molecule has 2 aromatic rings. The molecule has 0 heterocycles. The highest BCUT2D eigenvalue weighted by Gasteiger charge is 2.11. The minimum atomic E-state index is -0.344. The summed E-state index contributed by atoms with van der Waals surface area (Å²) in [4.78, 5) is 0. The van der Waals surface area contributed by atoms with E-state index in [2.05, 4.69) is 15.9 Å². The van der Waals surface area contributed by atoms with Crippen molar-refractivity contribution in [1.29, 1.82) is 0 Å². The maximum Gasteiger partial charge on any atom is 0.136 e. The normalized spacial score (nSPS) is 12.2. The summed E-state index contributed by atoms with van der Waals surface area (Å²) in [5.41, 5.74) is 6.67. The van der Waals surface area contributed by atoms with Gasteiger partial charge in [-0.1, -0.05) is 46.3 Å². The minimum Gasteiger partial charge on any atom is -0.484 e.